The van der Waals surface area contributed by atoms with Crippen LogP contribution in [-0.2, 0) is 21.6 Å². The van der Waals surface area contributed by atoms with E-state index in [-0.39, 0.29) is 17.1 Å². The molecule has 0 unspecified atom stereocenters. The molecule has 4 heteroatoms. The largest absolute Gasteiger partial charge is 2.00 e. The van der Waals surface area contributed by atoms with Crippen molar-refractivity contribution >= 4 is 40.3 Å². The molecule has 2 aliphatic rings. The van der Waals surface area contributed by atoms with Gasteiger partial charge in [0.2, 0.25) is 0 Å². The van der Waals surface area contributed by atoms with Gasteiger partial charge >= 0.3 is 17.1 Å². The van der Waals surface area contributed by atoms with Crippen LogP contribution in [0.2, 0.25) is 0 Å². The normalized spacial score (nSPS) is 18.0. The van der Waals surface area contributed by atoms with Crippen LogP contribution < -0.4 is 10.6 Å². The Morgan fingerprint density at radius 1 is 0.615 bits per heavy atom. The number of rotatable bonds is 3. The second-order valence-electron chi connectivity index (χ2n) is 5.50. The summed E-state index contributed by atoms with van der Waals surface area (Å²) < 4.78 is 14.9. The van der Waals surface area contributed by atoms with Crippen LogP contribution >= 0.6 is 29.7 Å². The fourth-order valence-electron chi connectivity index (χ4n) is 2.67. The fourth-order valence-corrected chi connectivity index (χ4v) is 6.78. The van der Waals surface area contributed by atoms with Crippen LogP contribution in [0.3, 0.4) is 0 Å². The molecule has 0 bridgehead atoms. The van der Waals surface area contributed by atoms with Gasteiger partial charge < -0.3 is 4.57 Å². The molecule has 0 N–H and O–H groups in total. The van der Waals surface area contributed by atoms with Crippen molar-refractivity contribution in [3.05, 3.63) is 122 Å². The third kappa shape index (κ3) is 5.25. The minimum atomic E-state index is -2.77. The van der Waals surface area contributed by atoms with Gasteiger partial charge in [-0.3, -0.25) is 0 Å². The molecule has 10 radical (unpaired) electrons. The second kappa shape index (κ2) is 11.1. The minimum absolute atomic E-state index is 0. The standard InChI is InChI=1S/C17H13IOP.C5H5.Fe/c18-16-12-7-13-17(16)20(19,14-8-3-1-4-9-14)15-10-5-2-6-11-15;1-2-4-5-3-1;/h1-13H;1-5H;/q;;+2. The van der Waals surface area contributed by atoms with Crippen molar-refractivity contribution in [1.29, 1.82) is 0 Å². The maximum atomic E-state index is 13.9. The molecular formula is C22H18FeIOP+2. The summed E-state index contributed by atoms with van der Waals surface area (Å²) in [5.74, 6) is 0. The van der Waals surface area contributed by atoms with Crippen LogP contribution in [0.5, 0.6) is 0 Å². The van der Waals surface area contributed by atoms with Gasteiger partial charge in [-0.15, -0.1) is 0 Å². The Balaban J connectivity index is 0.000000351. The van der Waals surface area contributed by atoms with Crippen molar-refractivity contribution in [2.45, 2.75) is 0 Å². The van der Waals surface area contributed by atoms with Gasteiger partial charge in [-0.1, -0.05) is 83.3 Å². The van der Waals surface area contributed by atoms with Crippen molar-refractivity contribution in [1.82, 2.24) is 0 Å². The zero-order valence-corrected chi connectivity index (χ0v) is 18.1. The number of hydrogen-bond acceptors (Lipinski definition) is 1. The molecule has 26 heavy (non-hydrogen) atoms. The van der Waals surface area contributed by atoms with Gasteiger partial charge in [-0.05, 0) is 51.4 Å². The van der Waals surface area contributed by atoms with Crippen molar-refractivity contribution in [2.75, 3.05) is 0 Å². The van der Waals surface area contributed by atoms with Gasteiger partial charge in [0.15, 0.2) is 7.14 Å². The van der Waals surface area contributed by atoms with Crippen molar-refractivity contribution in [3.8, 4) is 0 Å². The van der Waals surface area contributed by atoms with Gasteiger partial charge in [0.05, 0.1) is 9.58 Å². The zero-order chi connectivity index (χ0) is 17.5. The van der Waals surface area contributed by atoms with E-state index < -0.39 is 7.14 Å². The van der Waals surface area contributed by atoms with E-state index >= 15 is 0 Å². The summed E-state index contributed by atoms with van der Waals surface area (Å²) in [6.45, 7) is 0. The van der Waals surface area contributed by atoms with E-state index in [0.29, 0.717) is 0 Å². The van der Waals surface area contributed by atoms with E-state index in [1.807, 2.05) is 112 Å². The quantitative estimate of drug-likeness (QED) is 0.316. The van der Waals surface area contributed by atoms with Gasteiger partial charge in [-0.25, -0.2) is 0 Å². The first-order valence-corrected chi connectivity index (χ1v) is 10.8. The molecule has 0 saturated heterocycles. The van der Waals surface area contributed by atoms with E-state index in [1.54, 1.807) is 0 Å². The Morgan fingerprint density at radius 3 is 1.38 bits per heavy atom. The van der Waals surface area contributed by atoms with Crippen molar-refractivity contribution < 1.29 is 21.6 Å². The first-order valence-electron chi connectivity index (χ1n) is 8.02. The maximum Gasteiger partial charge on any atom is 2.00 e. The topological polar surface area (TPSA) is 17.1 Å². The summed E-state index contributed by atoms with van der Waals surface area (Å²) in [6.07, 6.45) is 16.0. The maximum absolute atomic E-state index is 13.9. The van der Waals surface area contributed by atoms with Crippen LogP contribution in [0, 0.1) is 61.0 Å². The number of halogens is 1. The third-order valence-electron chi connectivity index (χ3n) is 3.88. The molecule has 0 atom stereocenters. The van der Waals surface area contributed by atoms with Crippen molar-refractivity contribution in [3.63, 3.8) is 0 Å². The Morgan fingerprint density at radius 2 is 1.04 bits per heavy atom. The van der Waals surface area contributed by atoms with E-state index in [2.05, 4.69) is 22.6 Å². The van der Waals surface area contributed by atoms with Crippen LogP contribution in [0.25, 0.3) is 0 Å². The van der Waals surface area contributed by atoms with Crippen LogP contribution in [-0.4, -0.2) is 0 Å². The molecule has 130 valence electrons. The van der Waals surface area contributed by atoms with E-state index in [4.69, 9.17) is 0 Å². The molecular weight excluding hydrogens is 494 g/mol. The predicted molar refractivity (Wildman–Crippen MR) is 115 cm³/mol. The van der Waals surface area contributed by atoms with Crippen LogP contribution in [0.4, 0.5) is 0 Å². The first kappa shape index (κ1) is 22.2. The molecule has 0 heterocycles. The van der Waals surface area contributed by atoms with Crippen LogP contribution in [0.15, 0.2) is 60.7 Å². The Hall–Kier alpha value is -0.0805. The van der Waals surface area contributed by atoms with E-state index in [9.17, 15) is 4.57 Å². The molecule has 4 rings (SSSR count). The van der Waals surface area contributed by atoms with E-state index in [0.717, 1.165) is 20.2 Å². The van der Waals surface area contributed by atoms with E-state index in [1.165, 1.54) is 0 Å². The van der Waals surface area contributed by atoms with Crippen LogP contribution in [0.1, 0.15) is 0 Å². The summed E-state index contributed by atoms with van der Waals surface area (Å²) in [5.41, 5.74) is 0.926. The molecule has 2 aliphatic carbocycles. The molecule has 1 nitrogen and oxygen atoms in total. The number of benzene rings is 2. The Bertz CT molecular complexity index is 637. The molecule has 2 aromatic rings. The molecule has 2 aromatic carbocycles. The SMILES string of the molecule is O=P([C]1[CH][CH][CH][C]1I)(c1ccccc1)c1ccccc1.[CH]1[CH][CH][CH][CH]1.[Fe+2]. The second-order valence-corrected chi connectivity index (χ2v) is 9.40. The smallest absolute Gasteiger partial charge is 0.313 e. The molecule has 2 fully saturated rings. The summed E-state index contributed by atoms with van der Waals surface area (Å²) in [4.78, 5) is 0. The van der Waals surface area contributed by atoms with Gasteiger partial charge in [0.1, 0.15) is 0 Å². The zero-order valence-electron chi connectivity index (χ0n) is 14.0. The fraction of sp³-hybridized carbons (Fsp3) is 0. The summed E-state index contributed by atoms with van der Waals surface area (Å²) in [7, 11) is -2.77. The van der Waals surface area contributed by atoms with Gasteiger partial charge in [-0.2, -0.15) is 0 Å². The minimum Gasteiger partial charge on any atom is -0.313 e. The monoisotopic (exact) mass is 512 g/mol. The Labute approximate surface area is 182 Å². The molecule has 0 spiro atoms. The first-order chi connectivity index (χ1) is 12.2. The summed E-state index contributed by atoms with van der Waals surface area (Å²) in [6, 6.07) is 19.5. The average molecular weight is 512 g/mol. The molecule has 2 saturated carbocycles. The average Bonchev–Trinajstić information content (AvgIpc) is 3.38. The number of hydrogen-bond donors (Lipinski definition) is 0. The predicted octanol–water partition coefficient (Wildman–Crippen LogP) is 5.14. The molecule has 0 amide bonds. The Kier molecular flexibility index (Phi) is 9.44. The van der Waals surface area contributed by atoms with Gasteiger partial charge in [0.25, 0.3) is 0 Å². The van der Waals surface area contributed by atoms with Crippen molar-refractivity contribution in [2.24, 2.45) is 0 Å². The summed E-state index contributed by atoms with van der Waals surface area (Å²) >= 11 is 2.26. The van der Waals surface area contributed by atoms with Gasteiger partial charge in [0, 0.05) is 10.6 Å². The molecule has 0 aromatic heterocycles. The molecule has 0 aliphatic heterocycles. The summed E-state index contributed by atoms with van der Waals surface area (Å²) in [5, 5.41) is 1.77. The third-order valence-corrected chi connectivity index (χ3v) is 8.36.